The summed E-state index contributed by atoms with van der Waals surface area (Å²) in [6, 6.07) is 0. The quantitative estimate of drug-likeness (QED) is 0.0211. The molecule has 0 spiro atoms. The Morgan fingerprint density at radius 1 is 0.348 bits per heavy atom. The molecule has 0 aromatic rings. The maximum absolute atomic E-state index is 13.0. The molecule has 0 saturated heterocycles. The molecule has 0 aliphatic heterocycles. The third kappa shape index (κ3) is 70.7. The van der Waals surface area contributed by atoms with Crippen LogP contribution in [0.15, 0.2) is 134 Å². The molecule has 1 N–H and O–H groups in total. The van der Waals surface area contributed by atoms with Crippen molar-refractivity contribution in [1.82, 2.24) is 0 Å². The number of quaternary nitrogens is 1. The van der Waals surface area contributed by atoms with Gasteiger partial charge in [-0.15, -0.1) is 0 Å². The molecular formula is C80H136NO8+. The van der Waals surface area contributed by atoms with E-state index in [1.165, 1.54) is 161 Å². The summed E-state index contributed by atoms with van der Waals surface area (Å²) in [7, 11) is 5.97. The molecule has 9 nitrogen and oxygen atoms in total. The van der Waals surface area contributed by atoms with Crippen LogP contribution in [-0.2, 0) is 33.3 Å². The zero-order valence-electron chi connectivity index (χ0n) is 58.0. The first-order chi connectivity index (χ1) is 43.6. The van der Waals surface area contributed by atoms with Crippen LogP contribution < -0.4 is 0 Å². The Balaban J connectivity index is 4.14. The van der Waals surface area contributed by atoms with Crippen LogP contribution in [0.4, 0.5) is 0 Å². The second kappa shape index (κ2) is 69.3. The second-order valence-corrected chi connectivity index (χ2v) is 25.2. The van der Waals surface area contributed by atoms with Gasteiger partial charge < -0.3 is 28.5 Å². The molecule has 0 heterocycles. The third-order valence-corrected chi connectivity index (χ3v) is 15.4. The van der Waals surface area contributed by atoms with Crippen molar-refractivity contribution in [3.63, 3.8) is 0 Å². The number of rotatable bonds is 66. The molecule has 0 amide bonds. The number of esters is 2. The number of nitrogens with zero attached hydrogens (tertiary/aromatic N) is 1. The van der Waals surface area contributed by atoms with Gasteiger partial charge in [0.25, 0.3) is 6.29 Å². The van der Waals surface area contributed by atoms with Gasteiger partial charge in [-0.05, 0) is 116 Å². The van der Waals surface area contributed by atoms with Crippen molar-refractivity contribution in [2.24, 2.45) is 0 Å². The van der Waals surface area contributed by atoms with Gasteiger partial charge in [-0.2, -0.15) is 0 Å². The number of unbranched alkanes of at least 4 members (excludes halogenated alkanes) is 29. The van der Waals surface area contributed by atoms with Gasteiger partial charge in [-0.25, -0.2) is 4.79 Å². The lowest BCUT2D eigenvalue weighted by Gasteiger charge is -2.25. The van der Waals surface area contributed by atoms with E-state index in [4.69, 9.17) is 18.9 Å². The van der Waals surface area contributed by atoms with E-state index in [1.54, 1.807) is 0 Å². The zero-order chi connectivity index (χ0) is 64.7. The SMILES string of the molecule is CC/C=C\C/C=C\C/C=C\C/C=C\C/C=C\C/C=C\C/C=C\C/C=C\CCCCCCCCCCCCCCC(=O)OC(COC(=O)CCCCCCCCCCCCCC/C=C\C/C=C\C/C=C\CCCCCCC)COC(OCC[N+](C)(C)C)C(=O)O. The molecule has 0 bridgehead atoms. The number of carbonyl (C=O) groups is 3. The van der Waals surface area contributed by atoms with Crippen LogP contribution in [-0.4, -0.2) is 87.4 Å². The number of carboxylic acids is 1. The fourth-order valence-corrected chi connectivity index (χ4v) is 9.86. The maximum Gasteiger partial charge on any atom is 0.361 e. The summed E-state index contributed by atoms with van der Waals surface area (Å²) in [4.78, 5) is 37.7. The first-order valence-corrected chi connectivity index (χ1v) is 36.3. The summed E-state index contributed by atoms with van der Waals surface area (Å²) in [5.41, 5.74) is 0. The van der Waals surface area contributed by atoms with Crippen molar-refractivity contribution < 1.29 is 42.9 Å². The highest BCUT2D eigenvalue weighted by molar-refractivity contribution is 5.71. The Kier molecular flexibility index (Phi) is 65.8. The molecule has 0 rings (SSSR count). The summed E-state index contributed by atoms with van der Waals surface area (Å²) in [5.74, 6) is -2.01. The first-order valence-electron chi connectivity index (χ1n) is 36.3. The monoisotopic (exact) mass is 1240 g/mol. The zero-order valence-corrected chi connectivity index (χ0v) is 58.0. The molecule has 0 saturated carbocycles. The van der Waals surface area contributed by atoms with Crippen LogP contribution in [0.1, 0.15) is 296 Å². The lowest BCUT2D eigenvalue weighted by Crippen LogP contribution is -2.40. The Morgan fingerprint density at radius 3 is 0.955 bits per heavy atom. The number of carbonyl (C=O) groups excluding carboxylic acids is 2. The lowest BCUT2D eigenvalue weighted by atomic mass is 10.0. The average Bonchev–Trinajstić information content (AvgIpc) is 3.70. The number of ether oxygens (including phenoxy) is 4. The molecule has 0 aromatic heterocycles. The standard InChI is InChI=1S/C80H135NO8/c1-6-8-10-12-14-16-18-20-22-24-26-28-30-32-34-35-36-37-38-39-40-41-42-43-45-47-49-51-53-55-57-59-61-63-65-67-69-71-78(83)89-76(75-88-80(79(84)85)86-73-72-81(3,4)5)74-87-77(82)70-68-66-64-62-60-58-56-54-52-50-48-46-44-33-31-29-27-25-23-21-19-17-15-13-11-9-7-2/h8,10,14,16,19-22,25-28,31-34,36-37,39-40,42-43,76,80H,6-7,9,11-13,15,17-18,23-24,29-30,35,38,41,44-75H2,1-5H3/p+1/b10-8-,16-14-,21-19-,22-20-,27-25-,28-26-,33-31-,34-32-,37-36-,40-39-,43-42-. The molecule has 0 radical (unpaired) electrons. The van der Waals surface area contributed by atoms with Gasteiger partial charge in [0.05, 0.1) is 34.4 Å². The van der Waals surface area contributed by atoms with Crippen LogP contribution >= 0.6 is 0 Å². The van der Waals surface area contributed by atoms with Crippen molar-refractivity contribution in [3.8, 4) is 0 Å². The summed E-state index contributed by atoms with van der Waals surface area (Å²) >= 11 is 0. The van der Waals surface area contributed by atoms with Crippen molar-refractivity contribution >= 4 is 17.9 Å². The van der Waals surface area contributed by atoms with E-state index in [0.29, 0.717) is 23.9 Å². The number of carboxylic acid groups (broad SMARTS) is 1. The predicted molar refractivity (Wildman–Crippen MR) is 382 cm³/mol. The number of aliphatic carboxylic acids is 1. The lowest BCUT2D eigenvalue weighted by molar-refractivity contribution is -0.870. The smallest absolute Gasteiger partial charge is 0.361 e. The Hall–Kier alpha value is -4.57. The summed E-state index contributed by atoms with van der Waals surface area (Å²) < 4.78 is 23.0. The second-order valence-electron chi connectivity index (χ2n) is 25.2. The minimum Gasteiger partial charge on any atom is -0.477 e. The molecule has 0 aliphatic rings. The Morgan fingerprint density at radius 2 is 0.640 bits per heavy atom. The molecular weight excluding hydrogens is 1100 g/mol. The maximum atomic E-state index is 13.0. The number of hydrogen-bond donors (Lipinski definition) is 1. The van der Waals surface area contributed by atoms with Gasteiger partial charge in [-0.3, -0.25) is 9.59 Å². The molecule has 0 aliphatic carbocycles. The van der Waals surface area contributed by atoms with Crippen LogP contribution in [0.25, 0.3) is 0 Å². The summed E-state index contributed by atoms with van der Waals surface area (Å²) in [5, 5.41) is 9.76. The van der Waals surface area contributed by atoms with Gasteiger partial charge in [0.1, 0.15) is 13.2 Å². The highest BCUT2D eigenvalue weighted by Crippen LogP contribution is 2.17. The fraction of sp³-hybridized carbons (Fsp3) is 0.688. The van der Waals surface area contributed by atoms with Crippen molar-refractivity contribution in [2.75, 3.05) is 47.5 Å². The largest absolute Gasteiger partial charge is 0.477 e. The van der Waals surface area contributed by atoms with Gasteiger partial charge in [0.15, 0.2) is 6.10 Å². The Labute approximate surface area is 548 Å². The number of allylic oxidation sites excluding steroid dienone is 22. The summed E-state index contributed by atoms with van der Waals surface area (Å²) in [6.45, 7) is 4.76. The van der Waals surface area contributed by atoms with Gasteiger partial charge >= 0.3 is 17.9 Å². The highest BCUT2D eigenvalue weighted by Gasteiger charge is 2.25. The third-order valence-electron chi connectivity index (χ3n) is 15.4. The van der Waals surface area contributed by atoms with E-state index in [-0.39, 0.29) is 32.2 Å². The minimum absolute atomic E-state index is 0.182. The average molecular weight is 1240 g/mol. The van der Waals surface area contributed by atoms with Gasteiger partial charge in [-0.1, -0.05) is 302 Å². The van der Waals surface area contributed by atoms with E-state index in [0.717, 1.165) is 103 Å². The van der Waals surface area contributed by atoms with Crippen molar-refractivity contribution in [3.05, 3.63) is 134 Å². The van der Waals surface area contributed by atoms with Crippen LogP contribution in [0, 0.1) is 0 Å². The van der Waals surface area contributed by atoms with Crippen LogP contribution in [0.5, 0.6) is 0 Å². The number of hydrogen-bond acceptors (Lipinski definition) is 7. The fourth-order valence-electron chi connectivity index (χ4n) is 9.86. The molecule has 0 aromatic carbocycles. The molecule has 2 unspecified atom stereocenters. The number of likely N-dealkylation sites (N-methyl/N-ethyl adjacent to an activating group) is 1. The highest BCUT2D eigenvalue weighted by atomic mass is 16.7. The van der Waals surface area contributed by atoms with E-state index >= 15 is 0 Å². The van der Waals surface area contributed by atoms with E-state index in [2.05, 4.69) is 148 Å². The van der Waals surface area contributed by atoms with Crippen LogP contribution in [0.2, 0.25) is 0 Å². The molecule has 0 fully saturated rings. The van der Waals surface area contributed by atoms with Crippen LogP contribution in [0.3, 0.4) is 0 Å². The van der Waals surface area contributed by atoms with E-state index in [9.17, 15) is 19.5 Å². The minimum atomic E-state index is -1.52. The van der Waals surface area contributed by atoms with Gasteiger partial charge in [0, 0.05) is 12.8 Å². The molecule has 508 valence electrons. The van der Waals surface area contributed by atoms with Gasteiger partial charge in [0.2, 0.25) is 0 Å². The first kappa shape index (κ1) is 84.4. The van der Waals surface area contributed by atoms with E-state index in [1.807, 2.05) is 21.1 Å². The van der Waals surface area contributed by atoms with Crippen molar-refractivity contribution in [1.29, 1.82) is 0 Å². The molecule has 89 heavy (non-hydrogen) atoms. The predicted octanol–water partition coefficient (Wildman–Crippen LogP) is 22.9. The topological polar surface area (TPSA) is 108 Å². The Bertz CT molecular complexity index is 1930. The molecule has 2 atom stereocenters. The normalized spacial score (nSPS) is 13.5. The van der Waals surface area contributed by atoms with E-state index < -0.39 is 24.3 Å². The molecule has 9 heteroatoms. The van der Waals surface area contributed by atoms with Crippen molar-refractivity contribution in [2.45, 2.75) is 309 Å². The summed E-state index contributed by atoms with van der Waals surface area (Å²) in [6.07, 6.45) is 97.0.